The smallest absolute Gasteiger partial charge is 0.189 e. The van der Waals surface area contributed by atoms with E-state index in [1.54, 1.807) is 24.7 Å². The van der Waals surface area contributed by atoms with Crippen molar-refractivity contribution in [3.05, 3.63) is 58.1 Å². The Hall–Kier alpha value is -1.94. The van der Waals surface area contributed by atoms with Crippen LogP contribution >= 0.6 is 11.6 Å². The third-order valence-electron chi connectivity index (χ3n) is 2.90. The molecule has 0 saturated carbocycles. The normalized spacial score (nSPS) is 11.2. The van der Waals surface area contributed by atoms with Crippen molar-refractivity contribution in [2.45, 2.75) is 6.92 Å². The Morgan fingerprint density at radius 1 is 1.47 bits per heavy atom. The van der Waals surface area contributed by atoms with Crippen LogP contribution in [0.3, 0.4) is 0 Å². The van der Waals surface area contributed by atoms with Gasteiger partial charge in [-0.3, -0.25) is 9.48 Å². The van der Waals surface area contributed by atoms with Gasteiger partial charge in [0.15, 0.2) is 5.78 Å². The Kier molecular flexibility index (Phi) is 3.81. The number of hydrogen-bond donors (Lipinski definition) is 0. The maximum Gasteiger partial charge on any atom is 0.189 e. The summed E-state index contributed by atoms with van der Waals surface area (Å²) in [5.74, 6) is -0.690. The molecule has 0 amide bonds. The van der Waals surface area contributed by atoms with Gasteiger partial charge in [-0.2, -0.15) is 5.10 Å². The Bertz CT molecular complexity index is 641. The lowest BCUT2D eigenvalue weighted by molar-refractivity contribution is 0.104. The van der Waals surface area contributed by atoms with Crippen LogP contribution in [0.5, 0.6) is 0 Å². The highest BCUT2D eigenvalue weighted by molar-refractivity contribution is 6.32. The van der Waals surface area contributed by atoms with Crippen molar-refractivity contribution in [2.24, 2.45) is 7.05 Å². The molecule has 0 bridgehead atoms. The molecule has 0 aliphatic heterocycles. The topological polar surface area (TPSA) is 34.9 Å². The molecule has 1 aromatic carbocycles. The average Bonchev–Trinajstić information content (AvgIpc) is 2.69. The number of nitrogens with zero attached hydrogens (tertiary/aromatic N) is 2. The van der Waals surface area contributed by atoms with Crippen molar-refractivity contribution in [3.8, 4) is 0 Å². The summed E-state index contributed by atoms with van der Waals surface area (Å²) in [5, 5.41) is 4.26. The summed E-state index contributed by atoms with van der Waals surface area (Å²) in [6.07, 6.45) is 4.17. The number of halogens is 2. The summed E-state index contributed by atoms with van der Waals surface area (Å²) in [5.41, 5.74) is 1.46. The van der Waals surface area contributed by atoms with Gasteiger partial charge in [0.05, 0.1) is 16.8 Å². The quantitative estimate of drug-likeness (QED) is 0.637. The zero-order chi connectivity index (χ0) is 14.0. The van der Waals surface area contributed by atoms with E-state index in [9.17, 15) is 9.18 Å². The maximum atomic E-state index is 13.5. The molecule has 1 aromatic heterocycles. The Labute approximate surface area is 115 Å². The molecule has 0 fully saturated rings. The molecule has 5 heteroatoms. The van der Waals surface area contributed by atoms with E-state index in [-0.39, 0.29) is 16.4 Å². The number of allylic oxidation sites excluding steroid dienone is 1. The van der Waals surface area contributed by atoms with E-state index < -0.39 is 5.82 Å². The molecule has 0 saturated heterocycles. The summed E-state index contributed by atoms with van der Waals surface area (Å²) in [6.45, 7) is 1.80. The van der Waals surface area contributed by atoms with E-state index in [1.165, 1.54) is 30.5 Å². The lowest BCUT2D eigenvalue weighted by Crippen LogP contribution is -1.98. The van der Waals surface area contributed by atoms with Crippen LogP contribution in [0.25, 0.3) is 6.08 Å². The second-order valence-electron chi connectivity index (χ2n) is 4.10. The highest BCUT2D eigenvalue weighted by atomic mass is 35.5. The van der Waals surface area contributed by atoms with Gasteiger partial charge in [-0.1, -0.05) is 17.7 Å². The molecule has 2 aromatic rings. The SMILES string of the molecule is Cc1c(C(=O)/C=C/c2c(F)cccc2Cl)cnn1C. The maximum absolute atomic E-state index is 13.5. The van der Waals surface area contributed by atoms with Gasteiger partial charge in [-0.05, 0) is 31.2 Å². The lowest BCUT2D eigenvalue weighted by atomic mass is 10.1. The number of aryl methyl sites for hydroxylation is 1. The van der Waals surface area contributed by atoms with Crippen molar-refractivity contribution in [3.63, 3.8) is 0 Å². The van der Waals surface area contributed by atoms with Crippen molar-refractivity contribution in [1.82, 2.24) is 9.78 Å². The van der Waals surface area contributed by atoms with Crippen LogP contribution in [0.1, 0.15) is 21.6 Å². The summed E-state index contributed by atoms with van der Waals surface area (Å²) < 4.78 is 15.1. The second kappa shape index (κ2) is 5.36. The summed E-state index contributed by atoms with van der Waals surface area (Å²) in [4.78, 5) is 12.0. The summed E-state index contributed by atoms with van der Waals surface area (Å²) >= 11 is 5.88. The van der Waals surface area contributed by atoms with E-state index in [0.717, 1.165) is 5.69 Å². The van der Waals surface area contributed by atoms with Gasteiger partial charge in [-0.25, -0.2) is 4.39 Å². The molecule has 0 aliphatic carbocycles. The molecule has 2 rings (SSSR count). The molecule has 98 valence electrons. The van der Waals surface area contributed by atoms with Gasteiger partial charge in [0.1, 0.15) is 5.82 Å². The monoisotopic (exact) mass is 278 g/mol. The van der Waals surface area contributed by atoms with E-state index in [1.807, 2.05) is 0 Å². The second-order valence-corrected chi connectivity index (χ2v) is 4.51. The Balaban J connectivity index is 2.29. The predicted octanol–water partition coefficient (Wildman–Crippen LogP) is 3.42. The minimum atomic E-state index is -0.459. The number of aromatic nitrogens is 2. The van der Waals surface area contributed by atoms with Crippen molar-refractivity contribution in [2.75, 3.05) is 0 Å². The van der Waals surface area contributed by atoms with Crippen LogP contribution in [-0.2, 0) is 7.05 Å². The molecular weight excluding hydrogens is 267 g/mol. The van der Waals surface area contributed by atoms with Crippen LogP contribution in [0.15, 0.2) is 30.5 Å². The minimum absolute atomic E-state index is 0.207. The first-order valence-corrected chi connectivity index (χ1v) is 6.03. The fourth-order valence-corrected chi connectivity index (χ4v) is 1.89. The molecule has 0 N–H and O–H groups in total. The van der Waals surface area contributed by atoms with Crippen molar-refractivity contribution >= 4 is 23.5 Å². The largest absolute Gasteiger partial charge is 0.289 e. The molecule has 0 radical (unpaired) electrons. The fraction of sp³-hybridized carbons (Fsp3) is 0.143. The first-order chi connectivity index (χ1) is 9.00. The fourth-order valence-electron chi connectivity index (χ4n) is 1.66. The van der Waals surface area contributed by atoms with Crippen molar-refractivity contribution in [1.29, 1.82) is 0 Å². The first kappa shape index (κ1) is 13.5. The minimum Gasteiger partial charge on any atom is -0.289 e. The molecule has 0 spiro atoms. The third-order valence-corrected chi connectivity index (χ3v) is 3.23. The van der Waals surface area contributed by atoms with E-state index >= 15 is 0 Å². The predicted molar refractivity (Wildman–Crippen MR) is 72.7 cm³/mol. The number of benzene rings is 1. The van der Waals surface area contributed by atoms with Gasteiger partial charge in [0.2, 0.25) is 0 Å². The molecule has 19 heavy (non-hydrogen) atoms. The molecule has 0 atom stereocenters. The van der Waals surface area contributed by atoms with Crippen LogP contribution in [0.2, 0.25) is 5.02 Å². The van der Waals surface area contributed by atoms with E-state index in [4.69, 9.17) is 11.6 Å². The third kappa shape index (κ3) is 2.74. The van der Waals surface area contributed by atoms with Gasteiger partial charge in [0, 0.05) is 18.3 Å². The molecule has 1 heterocycles. The lowest BCUT2D eigenvalue weighted by Gasteiger charge is -1.99. The Morgan fingerprint density at radius 3 is 2.79 bits per heavy atom. The number of hydrogen-bond acceptors (Lipinski definition) is 2. The standard InChI is InChI=1S/C14H12ClFN2O/c1-9-11(8-17-18(9)2)14(19)7-6-10-12(15)4-3-5-13(10)16/h3-8H,1-2H3/b7-6+. The molecule has 0 unspecified atom stereocenters. The van der Waals surface area contributed by atoms with Crippen molar-refractivity contribution < 1.29 is 9.18 Å². The number of rotatable bonds is 3. The number of ketones is 1. The summed E-state index contributed by atoms with van der Waals surface area (Å²) in [7, 11) is 1.75. The van der Waals surface area contributed by atoms with E-state index in [0.29, 0.717) is 5.56 Å². The van der Waals surface area contributed by atoms with Crippen LogP contribution < -0.4 is 0 Å². The highest BCUT2D eigenvalue weighted by Crippen LogP contribution is 2.20. The number of carbonyl (C=O) groups excluding carboxylic acids is 1. The van der Waals surface area contributed by atoms with Gasteiger partial charge >= 0.3 is 0 Å². The van der Waals surface area contributed by atoms with Gasteiger partial charge in [-0.15, -0.1) is 0 Å². The molecular formula is C14H12ClFN2O. The van der Waals surface area contributed by atoms with Gasteiger partial charge < -0.3 is 0 Å². The number of carbonyl (C=O) groups is 1. The molecule has 0 aliphatic rings. The van der Waals surface area contributed by atoms with Crippen LogP contribution in [0, 0.1) is 12.7 Å². The highest BCUT2D eigenvalue weighted by Gasteiger charge is 2.10. The first-order valence-electron chi connectivity index (χ1n) is 5.65. The van der Waals surface area contributed by atoms with Crippen LogP contribution in [-0.4, -0.2) is 15.6 Å². The van der Waals surface area contributed by atoms with Gasteiger partial charge in [0.25, 0.3) is 0 Å². The van der Waals surface area contributed by atoms with E-state index in [2.05, 4.69) is 5.10 Å². The average molecular weight is 279 g/mol. The molecule has 3 nitrogen and oxygen atoms in total. The zero-order valence-electron chi connectivity index (χ0n) is 10.5. The summed E-state index contributed by atoms with van der Waals surface area (Å²) in [6, 6.07) is 4.39. The zero-order valence-corrected chi connectivity index (χ0v) is 11.3. The van der Waals surface area contributed by atoms with Crippen LogP contribution in [0.4, 0.5) is 4.39 Å². The Morgan fingerprint density at radius 2 is 2.21 bits per heavy atom.